The maximum Gasteiger partial charge on any atom is 0.284 e. The molecule has 0 fully saturated rings. The molecular weight excluding hydrogens is 524 g/mol. The van der Waals surface area contributed by atoms with E-state index in [1.807, 2.05) is 24.3 Å². The predicted molar refractivity (Wildman–Crippen MR) is 117 cm³/mol. The molecule has 0 aliphatic heterocycles. The zero-order valence-electron chi connectivity index (χ0n) is 14.8. The SMILES string of the molecule is O=[N+]([O-])c1cc(/C=N/Nc2nc3nonc3nc2Nc2cccc(Br)c2)ccc1Br. The average molecular weight is 534 g/mol. The van der Waals surface area contributed by atoms with Gasteiger partial charge < -0.3 is 5.32 Å². The number of nitrogens with zero attached hydrogens (tertiary/aromatic N) is 6. The van der Waals surface area contributed by atoms with Crippen molar-refractivity contribution < 1.29 is 9.55 Å². The zero-order valence-corrected chi connectivity index (χ0v) is 18.0. The monoisotopic (exact) mass is 532 g/mol. The summed E-state index contributed by atoms with van der Waals surface area (Å²) >= 11 is 6.56. The number of nitro groups is 1. The summed E-state index contributed by atoms with van der Waals surface area (Å²) in [4.78, 5) is 19.2. The van der Waals surface area contributed by atoms with Crippen LogP contribution in [0.3, 0.4) is 0 Å². The van der Waals surface area contributed by atoms with Crippen molar-refractivity contribution in [2.45, 2.75) is 0 Å². The van der Waals surface area contributed by atoms with Crippen LogP contribution >= 0.6 is 31.9 Å². The smallest absolute Gasteiger partial charge is 0.284 e. The maximum absolute atomic E-state index is 11.1. The number of hydrogen-bond donors (Lipinski definition) is 2. The fourth-order valence-electron chi connectivity index (χ4n) is 2.42. The Morgan fingerprint density at radius 3 is 2.57 bits per heavy atom. The van der Waals surface area contributed by atoms with Crippen molar-refractivity contribution in [1.29, 1.82) is 0 Å². The normalized spacial score (nSPS) is 11.1. The van der Waals surface area contributed by atoms with Gasteiger partial charge in [0.15, 0.2) is 11.6 Å². The first-order valence-electron chi connectivity index (χ1n) is 8.25. The second-order valence-electron chi connectivity index (χ2n) is 5.81. The molecule has 2 N–H and O–H groups in total. The Bertz CT molecular complexity index is 1280. The summed E-state index contributed by atoms with van der Waals surface area (Å²) in [5, 5.41) is 25.7. The van der Waals surface area contributed by atoms with Gasteiger partial charge in [0.2, 0.25) is 11.3 Å². The van der Waals surface area contributed by atoms with E-state index in [0.29, 0.717) is 15.9 Å². The number of halogens is 2. The fraction of sp³-hybridized carbons (Fsp3) is 0. The molecule has 0 bridgehead atoms. The van der Waals surface area contributed by atoms with Gasteiger partial charge in [-0.05, 0) is 50.5 Å². The first-order valence-corrected chi connectivity index (χ1v) is 9.84. The Kier molecular flexibility index (Phi) is 5.63. The van der Waals surface area contributed by atoms with Crippen LogP contribution in [0.4, 0.5) is 23.0 Å². The van der Waals surface area contributed by atoms with Gasteiger partial charge in [0.25, 0.3) is 5.69 Å². The van der Waals surface area contributed by atoms with E-state index < -0.39 is 4.92 Å². The maximum atomic E-state index is 11.1. The summed E-state index contributed by atoms with van der Waals surface area (Å²) in [6.07, 6.45) is 1.43. The quantitative estimate of drug-likeness (QED) is 0.206. The first kappa shape index (κ1) is 19.8. The Hall–Kier alpha value is -3.45. The highest BCUT2D eigenvalue weighted by Crippen LogP contribution is 2.26. The van der Waals surface area contributed by atoms with E-state index in [4.69, 9.17) is 0 Å². The van der Waals surface area contributed by atoms with Crippen LogP contribution < -0.4 is 10.7 Å². The van der Waals surface area contributed by atoms with Gasteiger partial charge in [-0.1, -0.05) is 28.1 Å². The molecule has 0 radical (unpaired) electrons. The molecule has 0 unspecified atom stereocenters. The third-order valence-electron chi connectivity index (χ3n) is 3.75. The van der Waals surface area contributed by atoms with Crippen molar-refractivity contribution >= 4 is 72.4 Å². The molecule has 0 amide bonds. The summed E-state index contributed by atoms with van der Waals surface area (Å²) in [5.41, 5.74) is 4.42. The standard InChI is InChI=1S/C17H10Br2N8O3/c18-10-2-1-3-11(7-10)21-14-15(23-17-16(22-14)25-30-26-17)24-20-8-9-4-5-12(19)13(6-9)27(28)29/h1-8H,(H,21,22,25)(H,23,24,26)/b20-8+. The van der Waals surface area contributed by atoms with Crippen molar-refractivity contribution in [3.63, 3.8) is 0 Å². The van der Waals surface area contributed by atoms with E-state index in [9.17, 15) is 10.1 Å². The van der Waals surface area contributed by atoms with Gasteiger partial charge in [-0.3, -0.25) is 15.5 Å². The molecule has 0 saturated heterocycles. The van der Waals surface area contributed by atoms with Gasteiger partial charge in [0, 0.05) is 21.8 Å². The van der Waals surface area contributed by atoms with Crippen molar-refractivity contribution in [2.75, 3.05) is 10.7 Å². The summed E-state index contributed by atoms with van der Waals surface area (Å²) in [7, 11) is 0. The summed E-state index contributed by atoms with van der Waals surface area (Å²) in [6.45, 7) is 0. The summed E-state index contributed by atoms with van der Waals surface area (Å²) in [6, 6.07) is 12.1. The van der Waals surface area contributed by atoms with Crippen LogP contribution in [0.15, 0.2) is 61.1 Å². The molecule has 2 aromatic carbocycles. The second kappa shape index (κ2) is 8.51. The molecule has 0 spiro atoms. The van der Waals surface area contributed by atoms with E-state index in [0.717, 1.165) is 10.2 Å². The lowest BCUT2D eigenvalue weighted by molar-refractivity contribution is -0.385. The van der Waals surface area contributed by atoms with Gasteiger partial charge in [0.1, 0.15) is 0 Å². The molecule has 4 aromatic rings. The molecule has 150 valence electrons. The molecule has 0 saturated carbocycles. The minimum atomic E-state index is -0.480. The molecule has 2 heterocycles. The molecule has 4 rings (SSSR count). The molecule has 13 heteroatoms. The highest BCUT2D eigenvalue weighted by Gasteiger charge is 2.14. The molecule has 0 aliphatic rings. The molecule has 0 atom stereocenters. The molecular formula is C17H10Br2N8O3. The Morgan fingerprint density at radius 1 is 1.07 bits per heavy atom. The van der Waals surface area contributed by atoms with Crippen LogP contribution in [0.5, 0.6) is 0 Å². The van der Waals surface area contributed by atoms with Gasteiger partial charge in [-0.2, -0.15) is 10.1 Å². The van der Waals surface area contributed by atoms with E-state index in [-0.39, 0.29) is 22.8 Å². The number of rotatable bonds is 6. The zero-order chi connectivity index (χ0) is 21.1. The van der Waals surface area contributed by atoms with Crippen molar-refractivity contribution in [1.82, 2.24) is 20.3 Å². The number of hydrazone groups is 1. The first-order chi connectivity index (χ1) is 14.5. The number of nitrogens with one attached hydrogen (secondary N) is 2. The third kappa shape index (κ3) is 4.41. The highest BCUT2D eigenvalue weighted by atomic mass is 79.9. The second-order valence-corrected chi connectivity index (χ2v) is 7.58. The van der Waals surface area contributed by atoms with Gasteiger partial charge in [0.05, 0.1) is 15.6 Å². The number of aromatic nitrogens is 4. The molecule has 0 aliphatic carbocycles. The molecule has 2 aromatic heterocycles. The van der Waals surface area contributed by atoms with Crippen molar-refractivity contribution in [3.05, 3.63) is 67.1 Å². The van der Waals surface area contributed by atoms with E-state index in [2.05, 4.69) is 72.6 Å². The number of fused-ring (bicyclic) bond motifs is 1. The lowest BCUT2D eigenvalue weighted by atomic mass is 10.2. The number of nitro benzene ring substituents is 1. The third-order valence-corrected chi connectivity index (χ3v) is 4.92. The fourth-order valence-corrected chi connectivity index (χ4v) is 3.21. The van der Waals surface area contributed by atoms with Crippen LogP contribution in [0.2, 0.25) is 0 Å². The largest absolute Gasteiger partial charge is 0.337 e. The van der Waals surface area contributed by atoms with E-state index in [1.165, 1.54) is 12.3 Å². The van der Waals surface area contributed by atoms with Crippen molar-refractivity contribution in [3.8, 4) is 0 Å². The lowest BCUT2D eigenvalue weighted by Crippen LogP contribution is -2.03. The Labute approximate surface area is 185 Å². The lowest BCUT2D eigenvalue weighted by Gasteiger charge is -2.09. The van der Waals surface area contributed by atoms with Crippen LogP contribution in [0.25, 0.3) is 11.3 Å². The Morgan fingerprint density at radius 2 is 1.83 bits per heavy atom. The van der Waals surface area contributed by atoms with E-state index in [1.54, 1.807) is 12.1 Å². The minimum Gasteiger partial charge on any atom is -0.337 e. The van der Waals surface area contributed by atoms with Crippen LogP contribution in [0.1, 0.15) is 5.56 Å². The van der Waals surface area contributed by atoms with E-state index >= 15 is 0 Å². The average Bonchev–Trinajstić information content (AvgIpc) is 3.16. The van der Waals surface area contributed by atoms with Gasteiger partial charge in [-0.15, -0.1) is 0 Å². The number of hydrogen-bond acceptors (Lipinski definition) is 10. The number of anilines is 3. The van der Waals surface area contributed by atoms with Gasteiger partial charge in [-0.25, -0.2) is 9.61 Å². The molecule has 30 heavy (non-hydrogen) atoms. The summed E-state index contributed by atoms with van der Waals surface area (Å²) < 4.78 is 5.94. The predicted octanol–water partition coefficient (Wildman–Crippen LogP) is 4.64. The summed E-state index contributed by atoms with van der Waals surface area (Å²) in [5.74, 6) is 0.608. The van der Waals surface area contributed by atoms with Gasteiger partial charge >= 0.3 is 0 Å². The van der Waals surface area contributed by atoms with Crippen LogP contribution in [-0.2, 0) is 0 Å². The topological polar surface area (TPSA) is 144 Å². The van der Waals surface area contributed by atoms with Crippen molar-refractivity contribution in [2.24, 2.45) is 5.10 Å². The molecule has 11 nitrogen and oxygen atoms in total. The van der Waals surface area contributed by atoms with Crippen LogP contribution in [0, 0.1) is 10.1 Å². The Balaban J connectivity index is 1.62. The minimum absolute atomic E-state index is 0.0640. The highest BCUT2D eigenvalue weighted by molar-refractivity contribution is 9.10. The van der Waals surface area contributed by atoms with Crippen LogP contribution in [-0.4, -0.2) is 31.4 Å². The number of benzene rings is 2.